The van der Waals surface area contributed by atoms with Gasteiger partial charge in [-0.2, -0.15) is 0 Å². The molecule has 0 aromatic heterocycles. The highest BCUT2D eigenvalue weighted by Gasteiger charge is 2.32. The lowest BCUT2D eigenvalue weighted by Gasteiger charge is -2.40. The first-order chi connectivity index (χ1) is 13.4. The number of anilines is 1. The van der Waals surface area contributed by atoms with Gasteiger partial charge >= 0.3 is 0 Å². The zero-order valence-electron chi connectivity index (χ0n) is 17.4. The summed E-state index contributed by atoms with van der Waals surface area (Å²) in [4.78, 5) is 2.47. The van der Waals surface area contributed by atoms with Gasteiger partial charge in [-0.05, 0) is 75.7 Å². The van der Waals surface area contributed by atoms with Gasteiger partial charge in [0.2, 0.25) is 0 Å². The monoisotopic (exact) mass is 386 g/mol. The highest BCUT2D eigenvalue weighted by Crippen LogP contribution is 2.31. The summed E-state index contributed by atoms with van der Waals surface area (Å²) in [5, 5.41) is 3.67. The van der Waals surface area contributed by atoms with Crippen LogP contribution in [-0.2, 0) is 6.42 Å². The van der Waals surface area contributed by atoms with Gasteiger partial charge in [0.05, 0.1) is 13.2 Å². The Balaban J connectivity index is 1.87. The maximum atomic E-state index is 13.3. The summed E-state index contributed by atoms with van der Waals surface area (Å²) in [5.74, 6) is 1.27. The number of hydrogen-bond acceptors (Lipinski definition) is 4. The van der Waals surface area contributed by atoms with Crippen molar-refractivity contribution < 1.29 is 13.9 Å². The van der Waals surface area contributed by atoms with Crippen molar-refractivity contribution in [3.63, 3.8) is 0 Å². The lowest BCUT2D eigenvalue weighted by atomic mass is 9.94. The largest absolute Gasteiger partial charge is 0.497 e. The molecule has 0 radical (unpaired) electrons. The molecule has 5 heteroatoms. The number of nitrogens with one attached hydrogen (secondary N) is 1. The fraction of sp³-hybridized carbons (Fsp3) is 0.478. The second-order valence-corrected chi connectivity index (χ2v) is 7.97. The van der Waals surface area contributed by atoms with Crippen LogP contribution in [-0.4, -0.2) is 42.8 Å². The average molecular weight is 387 g/mol. The van der Waals surface area contributed by atoms with Gasteiger partial charge in [-0.25, -0.2) is 4.39 Å². The van der Waals surface area contributed by atoms with E-state index in [0.717, 1.165) is 24.4 Å². The van der Waals surface area contributed by atoms with Crippen LogP contribution in [0.15, 0.2) is 42.5 Å². The van der Waals surface area contributed by atoms with Crippen LogP contribution < -0.4 is 14.8 Å². The molecule has 1 aliphatic heterocycles. The minimum absolute atomic E-state index is 0.0648. The summed E-state index contributed by atoms with van der Waals surface area (Å²) in [5.41, 5.74) is 2.29. The van der Waals surface area contributed by atoms with E-state index >= 15 is 0 Å². The molecular formula is C23H31FN2O2. The number of nitrogens with zero attached hydrogens (tertiary/aromatic N) is 1. The molecular weight excluding hydrogens is 355 g/mol. The van der Waals surface area contributed by atoms with Gasteiger partial charge in [0.15, 0.2) is 0 Å². The van der Waals surface area contributed by atoms with E-state index < -0.39 is 0 Å². The molecule has 1 heterocycles. The molecule has 0 unspecified atom stereocenters. The molecule has 0 bridgehead atoms. The number of rotatable bonds is 7. The first kappa shape index (κ1) is 20.5. The molecule has 0 saturated heterocycles. The summed E-state index contributed by atoms with van der Waals surface area (Å²) in [6.45, 7) is 9.75. The first-order valence-corrected chi connectivity index (χ1v) is 9.98. The number of methoxy groups -OCH3 is 1. The first-order valence-electron chi connectivity index (χ1n) is 9.98. The van der Waals surface area contributed by atoms with Crippen molar-refractivity contribution in [3.8, 4) is 11.5 Å². The predicted molar refractivity (Wildman–Crippen MR) is 112 cm³/mol. The van der Waals surface area contributed by atoms with E-state index in [1.54, 1.807) is 19.2 Å². The Morgan fingerprint density at radius 1 is 1.04 bits per heavy atom. The summed E-state index contributed by atoms with van der Waals surface area (Å²) in [6.07, 6.45) is 0.705. The third-order valence-corrected chi connectivity index (χ3v) is 5.36. The summed E-state index contributed by atoms with van der Waals surface area (Å²) in [6, 6.07) is 13.4. The molecule has 2 aromatic rings. The minimum Gasteiger partial charge on any atom is -0.497 e. The quantitative estimate of drug-likeness (QED) is 0.745. The summed E-state index contributed by atoms with van der Waals surface area (Å²) in [7, 11) is 1.68. The molecule has 0 spiro atoms. The Kier molecular flexibility index (Phi) is 6.45. The topological polar surface area (TPSA) is 33.7 Å². The van der Waals surface area contributed by atoms with Crippen molar-refractivity contribution in [2.75, 3.05) is 19.0 Å². The third-order valence-electron chi connectivity index (χ3n) is 5.36. The van der Waals surface area contributed by atoms with Crippen LogP contribution in [0.1, 0.15) is 33.3 Å². The van der Waals surface area contributed by atoms with E-state index in [2.05, 4.69) is 50.0 Å². The lowest BCUT2D eigenvalue weighted by molar-refractivity contribution is 0.111. The van der Waals surface area contributed by atoms with E-state index in [9.17, 15) is 4.39 Å². The second kappa shape index (κ2) is 8.82. The molecule has 0 saturated carbocycles. The van der Waals surface area contributed by atoms with Crippen molar-refractivity contribution >= 4 is 5.69 Å². The van der Waals surface area contributed by atoms with Crippen LogP contribution in [0.2, 0.25) is 0 Å². The Hall–Kier alpha value is -2.27. The molecule has 0 amide bonds. The normalized spacial score (nSPS) is 18.9. The van der Waals surface area contributed by atoms with Gasteiger partial charge in [-0.1, -0.05) is 0 Å². The number of halogens is 1. The Morgan fingerprint density at radius 3 is 2.29 bits per heavy atom. The van der Waals surface area contributed by atoms with Gasteiger partial charge < -0.3 is 14.8 Å². The highest BCUT2D eigenvalue weighted by atomic mass is 19.1. The fourth-order valence-electron chi connectivity index (χ4n) is 3.88. The number of benzene rings is 2. The predicted octanol–water partition coefficient (Wildman–Crippen LogP) is 4.74. The van der Waals surface area contributed by atoms with Crippen LogP contribution >= 0.6 is 0 Å². The third kappa shape index (κ3) is 4.76. The van der Waals surface area contributed by atoms with Crippen LogP contribution in [0, 0.1) is 5.82 Å². The maximum Gasteiger partial charge on any atom is 0.124 e. The van der Waals surface area contributed by atoms with Gasteiger partial charge in [-0.15, -0.1) is 0 Å². The Bertz CT molecular complexity index is 769. The van der Waals surface area contributed by atoms with Crippen molar-refractivity contribution in [2.45, 2.75) is 58.3 Å². The van der Waals surface area contributed by atoms with Gasteiger partial charge in [-0.3, -0.25) is 4.90 Å². The molecule has 2 atom stereocenters. The molecule has 0 fully saturated rings. The zero-order valence-corrected chi connectivity index (χ0v) is 17.4. The second-order valence-electron chi connectivity index (χ2n) is 7.97. The van der Waals surface area contributed by atoms with E-state index in [1.807, 2.05) is 6.07 Å². The van der Waals surface area contributed by atoms with Crippen LogP contribution in [0.3, 0.4) is 0 Å². The van der Waals surface area contributed by atoms with Crippen molar-refractivity contribution in [1.29, 1.82) is 0 Å². The molecule has 1 N–H and O–H groups in total. The van der Waals surface area contributed by atoms with Crippen LogP contribution in [0.5, 0.6) is 11.5 Å². The molecule has 4 nitrogen and oxygen atoms in total. The number of ether oxygens (including phenoxy) is 2. The van der Waals surface area contributed by atoms with Gasteiger partial charge in [0.1, 0.15) is 23.4 Å². The summed E-state index contributed by atoms with van der Waals surface area (Å²) < 4.78 is 25.0. The Labute approximate surface area is 167 Å². The molecule has 152 valence electrons. The van der Waals surface area contributed by atoms with Crippen LogP contribution in [0.25, 0.3) is 0 Å². The molecule has 28 heavy (non-hydrogen) atoms. The number of hydrogen-bond donors (Lipinski definition) is 1. The smallest absolute Gasteiger partial charge is 0.124 e. The van der Waals surface area contributed by atoms with Gasteiger partial charge in [0, 0.05) is 30.7 Å². The molecule has 0 aliphatic carbocycles. The molecule has 2 aromatic carbocycles. The minimum atomic E-state index is -0.258. The zero-order chi connectivity index (χ0) is 20.3. The van der Waals surface area contributed by atoms with E-state index in [1.165, 1.54) is 17.7 Å². The van der Waals surface area contributed by atoms with Crippen LogP contribution in [0.4, 0.5) is 10.1 Å². The SMILES string of the molecule is COc1ccc2c(c1)C[C@@H](Oc1ccc(F)cc1)[C@@H](CN(C(C)C)C(C)C)N2. The van der Waals surface area contributed by atoms with E-state index in [-0.39, 0.29) is 18.0 Å². The average Bonchev–Trinajstić information content (AvgIpc) is 2.67. The van der Waals surface area contributed by atoms with Crippen molar-refractivity contribution in [3.05, 3.63) is 53.8 Å². The fourth-order valence-corrected chi connectivity index (χ4v) is 3.88. The molecule has 1 aliphatic rings. The van der Waals surface area contributed by atoms with Gasteiger partial charge in [0.25, 0.3) is 0 Å². The van der Waals surface area contributed by atoms with Crippen molar-refractivity contribution in [1.82, 2.24) is 4.90 Å². The maximum absolute atomic E-state index is 13.3. The lowest BCUT2D eigenvalue weighted by Crippen LogP contribution is -2.52. The Morgan fingerprint density at radius 2 is 1.68 bits per heavy atom. The van der Waals surface area contributed by atoms with E-state index in [0.29, 0.717) is 17.8 Å². The van der Waals surface area contributed by atoms with Crippen molar-refractivity contribution in [2.24, 2.45) is 0 Å². The van der Waals surface area contributed by atoms with E-state index in [4.69, 9.17) is 9.47 Å². The molecule has 3 rings (SSSR count). The standard InChI is InChI=1S/C23H31FN2O2/c1-15(2)26(16(3)4)14-22-23(28-19-8-6-18(24)7-9-19)13-17-12-20(27-5)10-11-21(17)25-22/h6-12,15-16,22-23,25H,13-14H2,1-5H3/t22-,23-/m1/s1. The summed E-state index contributed by atoms with van der Waals surface area (Å²) >= 11 is 0. The number of fused-ring (bicyclic) bond motifs is 1. The highest BCUT2D eigenvalue weighted by molar-refractivity contribution is 5.57.